The molecule has 16 heavy (non-hydrogen) atoms. The Bertz CT molecular complexity index is 158. The first-order valence-electron chi connectivity index (χ1n) is 6.68. The van der Waals surface area contributed by atoms with Crippen LogP contribution in [-0.4, -0.2) is 43.0 Å². The van der Waals surface area contributed by atoms with E-state index in [1.165, 1.54) is 31.6 Å². The topological polar surface area (TPSA) is 6.48 Å². The summed E-state index contributed by atoms with van der Waals surface area (Å²) in [4.78, 5) is 4.70. The molecule has 1 saturated heterocycles. The molecule has 1 aliphatic rings. The Morgan fingerprint density at radius 1 is 1.12 bits per heavy atom. The number of nitrogens with zero attached hydrogens (tertiary/aromatic N) is 2. The fourth-order valence-corrected chi connectivity index (χ4v) is 1.69. The van der Waals surface area contributed by atoms with Gasteiger partial charge in [-0.05, 0) is 39.9 Å². The molecule has 0 radical (unpaired) electrons. The Balaban J connectivity index is 0. The molecule has 1 heterocycles. The quantitative estimate of drug-likeness (QED) is 0.712. The summed E-state index contributed by atoms with van der Waals surface area (Å²) in [5.41, 5.74) is 1.18. The van der Waals surface area contributed by atoms with Crippen molar-refractivity contribution < 1.29 is 0 Å². The number of allylic oxidation sites excluding steroid dienone is 1. The third kappa shape index (κ3) is 6.89. The van der Waals surface area contributed by atoms with Crippen molar-refractivity contribution in [1.29, 1.82) is 0 Å². The van der Waals surface area contributed by atoms with Crippen LogP contribution in [0, 0.1) is 0 Å². The summed E-state index contributed by atoms with van der Waals surface area (Å²) in [6, 6.07) is 0.721. The monoisotopic (exact) mass is 228 g/mol. The zero-order chi connectivity index (χ0) is 13.1. The van der Waals surface area contributed by atoms with Gasteiger partial charge in [-0.3, -0.25) is 0 Å². The first kappa shape index (κ1) is 17.9. The van der Waals surface area contributed by atoms with Gasteiger partial charge in [0, 0.05) is 18.8 Å². The predicted molar refractivity (Wildman–Crippen MR) is 75.8 cm³/mol. The average molecular weight is 228 g/mol. The smallest absolute Gasteiger partial charge is 0.0307 e. The summed E-state index contributed by atoms with van der Waals surface area (Å²) in [5, 5.41) is 0. The highest BCUT2D eigenvalue weighted by Crippen LogP contribution is 2.16. The van der Waals surface area contributed by atoms with E-state index >= 15 is 0 Å². The number of piperidine rings is 1. The molecule has 0 aliphatic carbocycles. The van der Waals surface area contributed by atoms with Gasteiger partial charge < -0.3 is 9.80 Å². The van der Waals surface area contributed by atoms with E-state index in [0.717, 1.165) is 6.04 Å². The van der Waals surface area contributed by atoms with Crippen molar-refractivity contribution >= 4 is 0 Å². The van der Waals surface area contributed by atoms with Gasteiger partial charge >= 0.3 is 0 Å². The van der Waals surface area contributed by atoms with E-state index in [2.05, 4.69) is 37.4 Å². The third-order valence-corrected chi connectivity index (χ3v) is 2.84. The molecule has 0 spiro atoms. The van der Waals surface area contributed by atoms with E-state index in [9.17, 15) is 0 Å². The van der Waals surface area contributed by atoms with E-state index in [1.54, 1.807) is 0 Å². The Morgan fingerprint density at radius 2 is 1.50 bits per heavy atom. The minimum Gasteiger partial charge on any atom is -0.375 e. The van der Waals surface area contributed by atoms with Crippen molar-refractivity contribution in [2.24, 2.45) is 0 Å². The molecule has 0 aromatic rings. The van der Waals surface area contributed by atoms with Crippen molar-refractivity contribution in [3.05, 3.63) is 12.3 Å². The SMILES string of the molecule is C=C(C)N(C)C1CCN(C)CC1.CC.CC. The lowest BCUT2D eigenvalue weighted by molar-refractivity contribution is 0.171. The molecule has 0 aromatic heterocycles. The van der Waals surface area contributed by atoms with Crippen LogP contribution in [-0.2, 0) is 0 Å². The molecule has 0 amide bonds. The molecule has 2 nitrogen and oxygen atoms in total. The van der Waals surface area contributed by atoms with Crippen molar-refractivity contribution in [1.82, 2.24) is 9.80 Å². The maximum atomic E-state index is 3.96. The molecule has 0 N–H and O–H groups in total. The molecule has 2 heteroatoms. The van der Waals surface area contributed by atoms with Gasteiger partial charge in [0.25, 0.3) is 0 Å². The molecule has 1 fully saturated rings. The Hall–Kier alpha value is -0.500. The van der Waals surface area contributed by atoms with Crippen molar-refractivity contribution in [2.75, 3.05) is 27.2 Å². The molecule has 1 rings (SSSR count). The second kappa shape index (κ2) is 11.0. The van der Waals surface area contributed by atoms with Crippen molar-refractivity contribution in [2.45, 2.75) is 53.5 Å². The summed E-state index contributed by atoms with van der Waals surface area (Å²) >= 11 is 0. The highest BCUT2D eigenvalue weighted by Gasteiger charge is 2.19. The van der Waals surface area contributed by atoms with Crippen LogP contribution in [0.3, 0.4) is 0 Å². The van der Waals surface area contributed by atoms with Crippen LogP contribution in [0.1, 0.15) is 47.5 Å². The van der Waals surface area contributed by atoms with Crippen molar-refractivity contribution in [3.8, 4) is 0 Å². The first-order valence-corrected chi connectivity index (χ1v) is 6.68. The van der Waals surface area contributed by atoms with E-state index in [1.807, 2.05) is 27.7 Å². The molecule has 1 aliphatic heterocycles. The van der Waals surface area contributed by atoms with Gasteiger partial charge in [0.05, 0.1) is 0 Å². The highest BCUT2D eigenvalue weighted by atomic mass is 15.2. The van der Waals surface area contributed by atoms with Crippen molar-refractivity contribution in [3.63, 3.8) is 0 Å². The molecule has 98 valence electrons. The fourth-order valence-electron chi connectivity index (χ4n) is 1.69. The van der Waals surface area contributed by atoms with Crippen LogP contribution < -0.4 is 0 Å². The zero-order valence-electron chi connectivity index (χ0n) is 12.5. The van der Waals surface area contributed by atoms with Crippen LogP contribution in [0.15, 0.2) is 12.3 Å². The summed E-state index contributed by atoms with van der Waals surface area (Å²) < 4.78 is 0. The third-order valence-electron chi connectivity index (χ3n) is 2.84. The van der Waals surface area contributed by atoms with Gasteiger partial charge in [-0.1, -0.05) is 34.3 Å². The number of hydrogen-bond acceptors (Lipinski definition) is 2. The Kier molecular flexibility index (Phi) is 12.3. The largest absolute Gasteiger partial charge is 0.375 e. The second-order valence-corrected chi connectivity index (χ2v) is 3.88. The van der Waals surface area contributed by atoms with Crippen LogP contribution in [0.4, 0.5) is 0 Å². The summed E-state index contributed by atoms with van der Waals surface area (Å²) in [5.74, 6) is 0. The van der Waals surface area contributed by atoms with Crippen LogP contribution in [0.5, 0.6) is 0 Å². The van der Waals surface area contributed by atoms with E-state index in [4.69, 9.17) is 0 Å². The van der Waals surface area contributed by atoms with Gasteiger partial charge in [0.1, 0.15) is 0 Å². The van der Waals surface area contributed by atoms with E-state index in [0.29, 0.717) is 0 Å². The lowest BCUT2D eigenvalue weighted by atomic mass is 10.0. The standard InChI is InChI=1S/C10H20N2.2C2H6/c1-9(2)12(4)10-5-7-11(3)8-6-10;2*1-2/h10H,1,5-8H2,2-4H3;2*1-2H3. The Labute approximate surface area is 103 Å². The number of rotatable bonds is 2. The van der Waals surface area contributed by atoms with E-state index < -0.39 is 0 Å². The lowest BCUT2D eigenvalue weighted by Crippen LogP contribution is -2.40. The van der Waals surface area contributed by atoms with Gasteiger partial charge in [-0.15, -0.1) is 0 Å². The first-order chi connectivity index (χ1) is 7.61. The summed E-state index contributed by atoms with van der Waals surface area (Å²) in [6.07, 6.45) is 2.56. The zero-order valence-corrected chi connectivity index (χ0v) is 12.5. The predicted octanol–water partition coefficient (Wildman–Crippen LogP) is 3.60. The van der Waals surface area contributed by atoms with Crippen LogP contribution >= 0.6 is 0 Å². The minimum absolute atomic E-state index is 0.721. The van der Waals surface area contributed by atoms with Gasteiger partial charge in [0.2, 0.25) is 0 Å². The number of hydrogen-bond donors (Lipinski definition) is 0. The molecule has 0 saturated carbocycles. The molecule has 0 aromatic carbocycles. The molecule has 0 atom stereocenters. The lowest BCUT2D eigenvalue weighted by Gasteiger charge is -2.36. The maximum Gasteiger partial charge on any atom is 0.0307 e. The van der Waals surface area contributed by atoms with E-state index in [-0.39, 0.29) is 0 Å². The second-order valence-electron chi connectivity index (χ2n) is 3.88. The van der Waals surface area contributed by atoms with Crippen LogP contribution in [0.2, 0.25) is 0 Å². The van der Waals surface area contributed by atoms with Gasteiger partial charge in [-0.2, -0.15) is 0 Å². The molecule has 0 unspecified atom stereocenters. The molecule has 0 bridgehead atoms. The summed E-state index contributed by atoms with van der Waals surface area (Å²) in [7, 11) is 4.34. The molecular formula is C14H32N2. The maximum absolute atomic E-state index is 3.96. The molecular weight excluding hydrogens is 196 g/mol. The normalized spacial score (nSPS) is 16.4. The average Bonchev–Trinajstić information content (AvgIpc) is 2.34. The van der Waals surface area contributed by atoms with Gasteiger partial charge in [0.15, 0.2) is 0 Å². The minimum atomic E-state index is 0.721. The van der Waals surface area contributed by atoms with Gasteiger partial charge in [-0.25, -0.2) is 0 Å². The highest BCUT2D eigenvalue weighted by molar-refractivity contribution is 4.92. The fraction of sp³-hybridized carbons (Fsp3) is 0.857. The summed E-state index contributed by atoms with van der Waals surface area (Å²) in [6.45, 7) is 16.5. The number of likely N-dealkylation sites (tertiary alicyclic amines) is 1. The van der Waals surface area contributed by atoms with Crippen LogP contribution in [0.25, 0.3) is 0 Å². The Morgan fingerprint density at radius 3 is 1.81 bits per heavy atom.